The van der Waals surface area contributed by atoms with Crippen molar-refractivity contribution in [1.29, 1.82) is 0 Å². The molecule has 1 heterocycles. The van der Waals surface area contributed by atoms with Crippen LogP contribution in [0.2, 0.25) is 5.02 Å². The first-order chi connectivity index (χ1) is 18.0. The zero-order valence-electron chi connectivity index (χ0n) is 20.3. The van der Waals surface area contributed by atoms with E-state index in [1.807, 2.05) is 71.6 Å². The SMILES string of the molecule is Cc1cccc(CN2C(=O)C(=Cc3ccc(C(=O)NCc4ccc(Cl)cc4)cc3)Sc3ccccc32)c1. The molecule has 5 rings (SSSR count). The Bertz CT molecular complexity index is 1480. The van der Waals surface area contributed by atoms with Crippen LogP contribution in [0.3, 0.4) is 0 Å². The summed E-state index contributed by atoms with van der Waals surface area (Å²) in [5.41, 5.74) is 5.57. The van der Waals surface area contributed by atoms with E-state index >= 15 is 0 Å². The molecule has 0 unspecified atom stereocenters. The molecule has 1 N–H and O–H groups in total. The summed E-state index contributed by atoms with van der Waals surface area (Å²) in [7, 11) is 0. The Morgan fingerprint density at radius 3 is 2.43 bits per heavy atom. The van der Waals surface area contributed by atoms with Crippen molar-refractivity contribution >= 4 is 46.9 Å². The highest BCUT2D eigenvalue weighted by Gasteiger charge is 2.29. The topological polar surface area (TPSA) is 49.4 Å². The Kier molecular flexibility index (Phi) is 7.45. The highest BCUT2D eigenvalue weighted by Crippen LogP contribution is 2.42. The minimum absolute atomic E-state index is 0.0324. The van der Waals surface area contributed by atoms with Crippen LogP contribution in [0.5, 0.6) is 0 Å². The van der Waals surface area contributed by atoms with Gasteiger partial charge >= 0.3 is 0 Å². The number of aryl methyl sites for hydroxylation is 1. The quantitative estimate of drug-likeness (QED) is 0.270. The number of hydrogen-bond donors (Lipinski definition) is 1. The van der Waals surface area contributed by atoms with E-state index in [-0.39, 0.29) is 11.8 Å². The average Bonchev–Trinajstić information content (AvgIpc) is 2.91. The fourth-order valence-electron chi connectivity index (χ4n) is 4.18. The summed E-state index contributed by atoms with van der Waals surface area (Å²) in [6.45, 7) is 2.98. The number of carbonyl (C=O) groups is 2. The van der Waals surface area contributed by atoms with Gasteiger partial charge in [0.05, 0.1) is 17.1 Å². The van der Waals surface area contributed by atoms with Gasteiger partial charge in [0, 0.05) is 22.0 Å². The van der Waals surface area contributed by atoms with Crippen molar-refractivity contribution in [1.82, 2.24) is 5.32 Å². The molecule has 184 valence electrons. The first kappa shape index (κ1) is 24.9. The first-order valence-corrected chi connectivity index (χ1v) is 13.1. The minimum atomic E-state index is -0.157. The third kappa shape index (κ3) is 5.96. The number of nitrogens with zero attached hydrogens (tertiary/aromatic N) is 1. The number of rotatable bonds is 6. The summed E-state index contributed by atoms with van der Waals surface area (Å²) in [6.07, 6.45) is 1.89. The van der Waals surface area contributed by atoms with Crippen molar-refractivity contribution in [2.24, 2.45) is 0 Å². The van der Waals surface area contributed by atoms with Gasteiger partial charge in [-0.25, -0.2) is 0 Å². The van der Waals surface area contributed by atoms with Crippen LogP contribution < -0.4 is 10.2 Å². The monoisotopic (exact) mass is 524 g/mol. The molecule has 0 aromatic heterocycles. The lowest BCUT2D eigenvalue weighted by Crippen LogP contribution is -2.33. The number of thioether (sulfide) groups is 1. The summed E-state index contributed by atoms with van der Waals surface area (Å²) >= 11 is 7.40. The zero-order valence-corrected chi connectivity index (χ0v) is 21.9. The Balaban J connectivity index is 1.33. The number of carbonyl (C=O) groups excluding carboxylic acids is 2. The summed E-state index contributed by atoms with van der Waals surface area (Å²) in [6, 6.07) is 30.9. The Hall–Kier alpha value is -3.80. The number of benzene rings is 4. The van der Waals surface area contributed by atoms with Crippen LogP contribution >= 0.6 is 23.4 Å². The number of halogens is 1. The van der Waals surface area contributed by atoms with Crippen LogP contribution in [0.15, 0.2) is 107 Å². The number of para-hydroxylation sites is 1. The molecule has 0 saturated heterocycles. The maximum absolute atomic E-state index is 13.6. The molecule has 0 saturated carbocycles. The van der Waals surface area contributed by atoms with Gasteiger partial charge in [-0.2, -0.15) is 0 Å². The van der Waals surface area contributed by atoms with Crippen LogP contribution in [-0.2, 0) is 17.9 Å². The number of anilines is 1. The fraction of sp³-hybridized carbons (Fsp3) is 0.0968. The third-order valence-electron chi connectivity index (χ3n) is 6.09. The smallest absolute Gasteiger partial charge is 0.265 e. The lowest BCUT2D eigenvalue weighted by molar-refractivity contribution is -0.114. The molecule has 0 atom stereocenters. The van der Waals surface area contributed by atoms with Gasteiger partial charge < -0.3 is 10.2 Å². The summed E-state index contributed by atoms with van der Waals surface area (Å²) in [5.74, 6) is -0.189. The molecule has 4 aromatic rings. The van der Waals surface area contributed by atoms with Crippen molar-refractivity contribution < 1.29 is 9.59 Å². The van der Waals surface area contributed by atoms with Crippen LogP contribution in [0, 0.1) is 6.92 Å². The predicted octanol–water partition coefficient (Wildman–Crippen LogP) is 7.26. The Morgan fingerprint density at radius 2 is 1.68 bits per heavy atom. The van der Waals surface area contributed by atoms with Gasteiger partial charge in [-0.1, -0.05) is 89.6 Å². The molecule has 0 bridgehead atoms. The first-order valence-electron chi connectivity index (χ1n) is 11.9. The van der Waals surface area contributed by atoms with Gasteiger partial charge in [0.25, 0.3) is 11.8 Å². The summed E-state index contributed by atoms with van der Waals surface area (Å²) in [5, 5.41) is 3.59. The van der Waals surface area contributed by atoms with Crippen LogP contribution in [0.4, 0.5) is 5.69 Å². The van der Waals surface area contributed by atoms with Gasteiger partial charge in [-0.05, 0) is 66.1 Å². The van der Waals surface area contributed by atoms with E-state index in [0.29, 0.717) is 28.6 Å². The number of fused-ring (bicyclic) bond motifs is 1. The largest absolute Gasteiger partial charge is 0.348 e. The van der Waals surface area contributed by atoms with Crippen molar-refractivity contribution in [3.8, 4) is 0 Å². The molecule has 6 heteroatoms. The van der Waals surface area contributed by atoms with Gasteiger partial charge in [-0.15, -0.1) is 0 Å². The Labute approximate surface area is 226 Å². The molecule has 37 heavy (non-hydrogen) atoms. The van der Waals surface area contributed by atoms with Gasteiger partial charge in [0.15, 0.2) is 0 Å². The maximum atomic E-state index is 13.6. The highest BCUT2D eigenvalue weighted by atomic mass is 35.5. The van der Waals surface area contributed by atoms with Gasteiger partial charge in [-0.3, -0.25) is 9.59 Å². The van der Waals surface area contributed by atoms with Crippen molar-refractivity contribution in [2.45, 2.75) is 24.9 Å². The van der Waals surface area contributed by atoms with Crippen molar-refractivity contribution in [2.75, 3.05) is 4.90 Å². The molecule has 4 nitrogen and oxygen atoms in total. The zero-order chi connectivity index (χ0) is 25.8. The lowest BCUT2D eigenvalue weighted by atomic mass is 10.1. The second-order valence-electron chi connectivity index (χ2n) is 8.89. The molecule has 0 radical (unpaired) electrons. The lowest BCUT2D eigenvalue weighted by Gasteiger charge is -2.30. The van der Waals surface area contributed by atoms with E-state index in [1.54, 1.807) is 24.3 Å². The number of amides is 2. The molecule has 1 aliphatic rings. The van der Waals surface area contributed by atoms with E-state index < -0.39 is 0 Å². The van der Waals surface area contributed by atoms with Gasteiger partial charge in [0.1, 0.15) is 0 Å². The molecule has 0 aliphatic carbocycles. The molecule has 1 aliphatic heterocycles. The normalized spacial score (nSPS) is 13.9. The van der Waals surface area contributed by atoms with Crippen molar-refractivity contribution in [3.63, 3.8) is 0 Å². The third-order valence-corrected chi connectivity index (χ3v) is 7.42. The molecule has 0 fully saturated rings. The molecular weight excluding hydrogens is 500 g/mol. The number of nitrogens with one attached hydrogen (secondary N) is 1. The second-order valence-corrected chi connectivity index (χ2v) is 10.4. The standard InChI is InChI=1S/C31H25ClN2O2S/c1-21-5-4-6-24(17-21)20-34-27-7-2-3-8-28(27)37-29(31(34)36)18-22-9-13-25(14-10-22)30(35)33-19-23-11-15-26(32)16-12-23/h2-18H,19-20H2,1H3,(H,33,35). The average molecular weight is 525 g/mol. The fourth-order valence-corrected chi connectivity index (χ4v) is 5.37. The Morgan fingerprint density at radius 1 is 0.919 bits per heavy atom. The highest BCUT2D eigenvalue weighted by molar-refractivity contribution is 8.04. The van der Waals surface area contributed by atoms with Crippen molar-refractivity contribution in [3.05, 3.63) is 135 Å². The molecular formula is C31H25ClN2O2S. The summed E-state index contributed by atoms with van der Waals surface area (Å²) in [4.78, 5) is 29.7. The van der Waals surface area contributed by atoms with E-state index in [0.717, 1.165) is 32.8 Å². The molecule has 2 amide bonds. The van der Waals surface area contributed by atoms with Crippen LogP contribution in [0.1, 0.15) is 32.6 Å². The predicted molar refractivity (Wildman–Crippen MR) is 152 cm³/mol. The molecule has 4 aromatic carbocycles. The summed E-state index contributed by atoms with van der Waals surface area (Å²) < 4.78 is 0. The van der Waals surface area contributed by atoms with E-state index in [2.05, 4.69) is 24.4 Å². The van der Waals surface area contributed by atoms with E-state index in [4.69, 9.17) is 11.6 Å². The van der Waals surface area contributed by atoms with Crippen LogP contribution in [-0.4, -0.2) is 11.8 Å². The number of hydrogen-bond acceptors (Lipinski definition) is 3. The maximum Gasteiger partial charge on any atom is 0.265 e. The second kappa shape index (κ2) is 11.1. The van der Waals surface area contributed by atoms with E-state index in [1.165, 1.54) is 11.8 Å². The minimum Gasteiger partial charge on any atom is -0.348 e. The molecule has 0 spiro atoms. The van der Waals surface area contributed by atoms with Crippen LogP contribution in [0.25, 0.3) is 6.08 Å². The van der Waals surface area contributed by atoms with Gasteiger partial charge in [0.2, 0.25) is 0 Å². The van der Waals surface area contributed by atoms with E-state index in [9.17, 15) is 9.59 Å².